The Morgan fingerprint density at radius 2 is 2.15 bits per heavy atom. The van der Waals surface area contributed by atoms with Crippen LogP contribution in [-0.2, 0) is 11.8 Å². The molecule has 0 aliphatic rings. The molecule has 2 rings (SSSR count). The predicted octanol–water partition coefficient (Wildman–Crippen LogP) is 1.28. The van der Waals surface area contributed by atoms with Crippen molar-refractivity contribution in [1.82, 2.24) is 15.1 Å². The first-order valence-corrected chi connectivity index (χ1v) is 6.34. The minimum atomic E-state index is -0.703. The molecule has 20 heavy (non-hydrogen) atoms. The summed E-state index contributed by atoms with van der Waals surface area (Å²) in [6, 6.07) is 11.0. The summed E-state index contributed by atoms with van der Waals surface area (Å²) >= 11 is 0. The molecule has 5 heteroatoms. The van der Waals surface area contributed by atoms with Crippen molar-refractivity contribution in [2.45, 2.75) is 6.10 Å². The molecule has 1 heterocycles. The SMILES string of the molecule is Cn1nccc1/C=C/C(=O)NCC(O)c1ccccc1. The van der Waals surface area contributed by atoms with E-state index in [9.17, 15) is 9.90 Å². The fourth-order valence-corrected chi connectivity index (χ4v) is 1.76. The van der Waals surface area contributed by atoms with Crippen LogP contribution in [0.5, 0.6) is 0 Å². The van der Waals surface area contributed by atoms with Gasteiger partial charge in [-0.05, 0) is 17.7 Å². The molecule has 5 nitrogen and oxygen atoms in total. The summed E-state index contributed by atoms with van der Waals surface area (Å²) in [5.74, 6) is -0.249. The maximum Gasteiger partial charge on any atom is 0.244 e. The number of benzene rings is 1. The Kier molecular flexibility index (Phi) is 4.68. The van der Waals surface area contributed by atoms with Crippen molar-refractivity contribution in [2.75, 3.05) is 6.54 Å². The fourth-order valence-electron chi connectivity index (χ4n) is 1.76. The maximum atomic E-state index is 11.6. The van der Waals surface area contributed by atoms with Crippen LogP contribution in [0.3, 0.4) is 0 Å². The van der Waals surface area contributed by atoms with Gasteiger partial charge in [0.05, 0.1) is 11.8 Å². The summed E-state index contributed by atoms with van der Waals surface area (Å²) in [6.07, 6.45) is 4.06. The van der Waals surface area contributed by atoms with Crippen LogP contribution in [0.15, 0.2) is 48.7 Å². The van der Waals surface area contributed by atoms with Crippen LogP contribution in [0.25, 0.3) is 6.08 Å². The van der Waals surface area contributed by atoms with Crippen molar-refractivity contribution in [3.63, 3.8) is 0 Å². The van der Waals surface area contributed by atoms with Gasteiger partial charge < -0.3 is 10.4 Å². The van der Waals surface area contributed by atoms with Crippen LogP contribution < -0.4 is 5.32 Å². The number of nitrogens with zero attached hydrogens (tertiary/aromatic N) is 2. The third kappa shape index (κ3) is 3.80. The number of aromatic nitrogens is 2. The molecule has 0 saturated heterocycles. The van der Waals surface area contributed by atoms with Crippen molar-refractivity contribution in [3.8, 4) is 0 Å². The number of hydrogen-bond acceptors (Lipinski definition) is 3. The second-order valence-corrected chi connectivity index (χ2v) is 4.38. The highest BCUT2D eigenvalue weighted by Gasteiger charge is 2.07. The monoisotopic (exact) mass is 271 g/mol. The minimum Gasteiger partial charge on any atom is -0.387 e. The second kappa shape index (κ2) is 6.68. The Labute approximate surface area is 117 Å². The summed E-state index contributed by atoms with van der Waals surface area (Å²) in [5, 5.41) is 16.6. The first-order chi connectivity index (χ1) is 9.66. The first-order valence-electron chi connectivity index (χ1n) is 6.34. The molecule has 0 fully saturated rings. The van der Waals surface area contributed by atoms with Gasteiger partial charge in [0.15, 0.2) is 0 Å². The van der Waals surface area contributed by atoms with Crippen LogP contribution in [0, 0.1) is 0 Å². The number of aliphatic hydroxyl groups is 1. The molecule has 1 unspecified atom stereocenters. The molecule has 1 aromatic carbocycles. The summed E-state index contributed by atoms with van der Waals surface area (Å²) in [7, 11) is 1.80. The van der Waals surface area contributed by atoms with Gasteiger partial charge >= 0.3 is 0 Å². The van der Waals surface area contributed by atoms with Crippen molar-refractivity contribution in [2.24, 2.45) is 7.05 Å². The zero-order valence-electron chi connectivity index (χ0n) is 11.2. The van der Waals surface area contributed by atoms with Crippen molar-refractivity contribution in [1.29, 1.82) is 0 Å². The molecule has 0 saturated carbocycles. The molecule has 104 valence electrons. The Balaban J connectivity index is 1.84. The average molecular weight is 271 g/mol. The number of hydrogen-bond donors (Lipinski definition) is 2. The summed E-state index contributed by atoms with van der Waals surface area (Å²) in [4.78, 5) is 11.6. The van der Waals surface area contributed by atoms with Crippen LogP contribution in [0.2, 0.25) is 0 Å². The van der Waals surface area contributed by atoms with Crippen molar-refractivity contribution < 1.29 is 9.90 Å². The van der Waals surface area contributed by atoms with E-state index in [4.69, 9.17) is 0 Å². The summed E-state index contributed by atoms with van der Waals surface area (Å²) < 4.78 is 1.67. The Morgan fingerprint density at radius 3 is 2.80 bits per heavy atom. The lowest BCUT2D eigenvalue weighted by atomic mass is 10.1. The lowest BCUT2D eigenvalue weighted by molar-refractivity contribution is -0.116. The number of carbonyl (C=O) groups is 1. The van der Waals surface area contributed by atoms with E-state index in [0.717, 1.165) is 11.3 Å². The highest BCUT2D eigenvalue weighted by Crippen LogP contribution is 2.10. The lowest BCUT2D eigenvalue weighted by Crippen LogP contribution is -2.26. The number of carbonyl (C=O) groups excluding carboxylic acids is 1. The topological polar surface area (TPSA) is 67.2 Å². The van der Waals surface area contributed by atoms with Gasteiger partial charge in [0.1, 0.15) is 0 Å². The third-order valence-electron chi connectivity index (χ3n) is 2.92. The van der Waals surface area contributed by atoms with E-state index in [0.29, 0.717) is 0 Å². The summed E-state index contributed by atoms with van der Waals surface area (Å²) in [5.41, 5.74) is 1.62. The zero-order valence-corrected chi connectivity index (χ0v) is 11.2. The molecule has 2 aromatic rings. The highest BCUT2D eigenvalue weighted by molar-refractivity contribution is 5.91. The van der Waals surface area contributed by atoms with E-state index in [1.807, 2.05) is 36.4 Å². The number of rotatable bonds is 5. The first kappa shape index (κ1) is 14.0. The Hall–Kier alpha value is -2.40. The van der Waals surface area contributed by atoms with Gasteiger partial charge in [0, 0.05) is 25.9 Å². The zero-order chi connectivity index (χ0) is 14.4. The number of aliphatic hydroxyl groups excluding tert-OH is 1. The average Bonchev–Trinajstić information content (AvgIpc) is 2.89. The number of nitrogens with one attached hydrogen (secondary N) is 1. The summed E-state index contributed by atoms with van der Waals surface area (Å²) in [6.45, 7) is 0.179. The van der Waals surface area contributed by atoms with Gasteiger partial charge in [-0.2, -0.15) is 5.10 Å². The van der Waals surface area contributed by atoms with Crippen LogP contribution >= 0.6 is 0 Å². The van der Waals surface area contributed by atoms with Crippen molar-refractivity contribution in [3.05, 3.63) is 59.9 Å². The van der Waals surface area contributed by atoms with Gasteiger partial charge in [-0.25, -0.2) is 0 Å². The van der Waals surface area contributed by atoms with Crippen LogP contribution in [-0.4, -0.2) is 27.3 Å². The molecular weight excluding hydrogens is 254 g/mol. The number of amides is 1. The molecule has 1 aromatic heterocycles. The third-order valence-corrected chi connectivity index (χ3v) is 2.92. The van der Waals surface area contributed by atoms with Gasteiger partial charge in [-0.1, -0.05) is 30.3 Å². The minimum absolute atomic E-state index is 0.179. The lowest BCUT2D eigenvalue weighted by Gasteiger charge is -2.10. The molecule has 0 spiro atoms. The largest absolute Gasteiger partial charge is 0.387 e. The maximum absolute atomic E-state index is 11.6. The van der Waals surface area contributed by atoms with E-state index >= 15 is 0 Å². The van der Waals surface area contributed by atoms with Crippen LogP contribution in [0.1, 0.15) is 17.4 Å². The molecule has 0 bridgehead atoms. The standard InChI is InChI=1S/C15H17N3O2/c1-18-13(9-10-17-18)7-8-15(20)16-11-14(19)12-5-3-2-4-6-12/h2-10,14,19H,11H2,1H3,(H,16,20)/b8-7+. The predicted molar refractivity (Wildman–Crippen MR) is 76.7 cm³/mol. The van der Waals surface area contributed by atoms with Crippen molar-refractivity contribution >= 4 is 12.0 Å². The Morgan fingerprint density at radius 1 is 1.40 bits per heavy atom. The van der Waals surface area contributed by atoms with Gasteiger partial charge in [0.2, 0.25) is 5.91 Å². The van der Waals surface area contributed by atoms with E-state index < -0.39 is 6.10 Å². The van der Waals surface area contributed by atoms with E-state index in [-0.39, 0.29) is 12.5 Å². The number of aryl methyl sites for hydroxylation is 1. The normalized spacial score (nSPS) is 12.5. The van der Waals surface area contributed by atoms with Gasteiger partial charge in [0.25, 0.3) is 0 Å². The highest BCUT2D eigenvalue weighted by atomic mass is 16.3. The molecule has 1 atom stereocenters. The fraction of sp³-hybridized carbons (Fsp3) is 0.200. The quantitative estimate of drug-likeness (QED) is 0.805. The van der Waals surface area contributed by atoms with Gasteiger partial charge in [-0.15, -0.1) is 0 Å². The molecule has 1 amide bonds. The molecule has 2 N–H and O–H groups in total. The Bertz CT molecular complexity index is 590. The molecular formula is C15H17N3O2. The van der Waals surface area contributed by atoms with Crippen LogP contribution in [0.4, 0.5) is 0 Å². The van der Waals surface area contributed by atoms with E-state index in [2.05, 4.69) is 10.4 Å². The van der Waals surface area contributed by atoms with Gasteiger partial charge in [-0.3, -0.25) is 9.48 Å². The molecule has 0 radical (unpaired) electrons. The second-order valence-electron chi connectivity index (χ2n) is 4.38. The molecule has 0 aliphatic carbocycles. The molecule has 0 aliphatic heterocycles. The van der Waals surface area contributed by atoms with E-state index in [1.165, 1.54) is 6.08 Å². The van der Waals surface area contributed by atoms with E-state index in [1.54, 1.807) is 24.0 Å². The smallest absolute Gasteiger partial charge is 0.244 e.